The molecule has 0 saturated heterocycles. The van der Waals surface area contributed by atoms with Gasteiger partial charge in [0.05, 0.1) is 10.3 Å². The Morgan fingerprint density at radius 2 is 1.13 bits per heavy atom. The molecule has 2 nitrogen and oxygen atoms in total. The van der Waals surface area contributed by atoms with Gasteiger partial charge in [-0.15, -0.1) is 0 Å². The monoisotopic (exact) mass is 575 g/mol. The Morgan fingerprint density at radius 1 is 0.632 bits per heavy atom. The maximum Gasteiger partial charge on any atom is 0.197 e. The summed E-state index contributed by atoms with van der Waals surface area (Å²) in [6.45, 7) is 10.6. The third-order valence-electron chi connectivity index (χ3n) is 5.89. The number of benzene rings is 4. The van der Waals surface area contributed by atoms with Gasteiger partial charge in [0.1, 0.15) is 5.75 Å². The van der Waals surface area contributed by atoms with E-state index in [1.807, 2.05) is 55.3 Å². The quantitative estimate of drug-likeness (QED) is 0.0809. The van der Waals surface area contributed by atoms with Gasteiger partial charge in [-0.2, -0.15) is 0 Å². The first-order chi connectivity index (χ1) is 18.3. The number of aryl methyl sites for hydroxylation is 5. The van der Waals surface area contributed by atoms with Gasteiger partial charge in [-0.05, 0) is 94.3 Å². The zero-order chi connectivity index (χ0) is 26.9. The van der Waals surface area contributed by atoms with Crippen LogP contribution in [0.2, 0.25) is 0 Å². The van der Waals surface area contributed by atoms with E-state index in [4.69, 9.17) is 9.73 Å². The molecule has 0 radical (unpaired) electrons. The molecule has 38 heavy (non-hydrogen) atoms. The zero-order valence-electron chi connectivity index (χ0n) is 22.4. The van der Waals surface area contributed by atoms with E-state index in [1.54, 1.807) is 0 Å². The van der Waals surface area contributed by atoms with E-state index < -0.39 is 0 Å². The van der Waals surface area contributed by atoms with Crippen LogP contribution in [0.4, 0.5) is 5.69 Å². The molecule has 0 saturated carbocycles. The van der Waals surface area contributed by atoms with Gasteiger partial charge in [0.25, 0.3) is 0 Å². The number of rotatable bonds is 10. The second-order valence-corrected chi connectivity index (χ2v) is 14.6. The highest BCUT2D eigenvalue weighted by Crippen LogP contribution is 2.47. The van der Waals surface area contributed by atoms with Crippen LogP contribution < -0.4 is 4.74 Å². The van der Waals surface area contributed by atoms with Gasteiger partial charge < -0.3 is 4.74 Å². The maximum atomic E-state index is 6.41. The van der Waals surface area contributed by atoms with E-state index in [-0.39, 0.29) is 4.58 Å². The number of hydrogen-bond donors (Lipinski definition) is 0. The Morgan fingerprint density at radius 3 is 1.63 bits per heavy atom. The Bertz CT molecular complexity index is 1300. The van der Waals surface area contributed by atoms with Gasteiger partial charge >= 0.3 is 0 Å². The number of hydrogen-bond acceptors (Lipinski definition) is 6. The van der Waals surface area contributed by atoms with Crippen LogP contribution >= 0.6 is 43.2 Å². The summed E-state index contributed by atoms with van der Waals surface area (Å²) in [6, 6.07) is 31.9. The fourth-order valence-corrected chi connectivity index (χ4v) is 9.15. The van der Waals surface area contributed by atoms with Crippen molar-refractivity contribution in [2.24, 2.45) is 4.99 Å². The van der Waals surface area contributed by atoms with Gasteiger partial charge in [-0.1, -0.05) is 102 Å². The minimum Gasteiger partial charge on any atom is -0.443 e. The highest BCUT2D eigenvalue weighted by atomic mass is 33.1. The van der Waals surface area contributed by atoms with E-state index in [0.717, 1.165) is 17.3 Å². The maximum absolute atomic E-state index is 6.41. The van der Waals surface area contributed by atoms with E-state index in [9.17, 15) is 0 Å². The number of aliphatic imine (C=N–C) groups is 1. The average molecular weight is 576 g/mol. The molecular formula is C32H33NOS4. The molecule has 0 bridgehead atoms. The lowest BCUT2D eigenvalue weighted by Gasteiger charge is -2.17. The molecule has 0 amide bonds. The Kier molecular flexibility index (Phi) is 10.8. The van der Waals surface area contributed by atoms with E-state index >= 15 is 0 Å². The van der Waals surface area contributed by atoms with Gasteiger partial charge in [0.2, 0.25) is 0 Å². The van der Waals surface area contributed by atoms with Gasteiger partial charge in [0.15, 0.2) is 5.90 Å². The summed E-state index contributed by atoms with van der Waals surface area (Å²) in [5.74, 6) is 1.53. The van der Waals surface area contributed by atoms with Crippen LogP contribution in [-0.2, 0) is 0 Å². The third-order valence-corrected chi connectivity index (χ3v) is 12.2. The molecule has 0 unspecified atom stereocenters. The molecule has 0 heterocycles. The van der Waals surface area contributed by atoms with Crippen molar-refractivity contribution in [3.05, 3.63) is 119 Å². The van der Waals surface area contributed by atoms with Gasteiger partial charge in [-0.25, -0.2) is 4.99 Å². The van der Waals surface area contributed by atoms with Crippen molar-refractivity contribution in [3.8, 4) is 5.75 Å². The fourth-order valence-electron chi connectivity index (χ4n) is 3.42. The second-order valence-electron chi connectivity index (χ2n) is 9.31. The summed E-state index contributed by atoms with van der Waals surface area (Å²) >= 11 is 0. The molecule has 4 aromatic rings. The fraction of sp³-hybridized carbons (Fsp3) is 0.219. The van der Waals surface area contributed by atoms with Crippen LogP contribution in [0.25, 0.3) is 0 Å². The topological polar surface area (TPSA) is 21.6 Å². The van der Waals surface area contributed by atoms with Crippen molar-refractivity contribution in [1.82, 2.24) is 0 Å². The lowest BCUT2D eigenvalue weighted by molar-refractivity contribution is 0.535. The summed E-state index contributed by atoms with van der Waals surface area (Å²) < 4.78 is 6.63. The van der Waals surface area contributed by atoms with E-state index in [1.165, 1.54) is 37.6 Å². The molecular weight excluding hydrogens is 543 g/mol. The first-order valence-corrected chi connectivity index (χ1v) is 17.0. The molecule has 0 aromatic heterocycles. The molecule has 0 fully saturated rings. The predicted molar refractivity (Wildman–Crippen MR) is 172 cm³/mol. The second kappa shape index (κ2) is 14.2. The normalized spacial score (nSPS) is 11.7. The van der Waals surface area contributed by atoms with Crippen molar-refractivity contribution in [3.63, 3.8) is 0 Å². The molecule has 0 spiro atoms. The standard InChI is InChI=1S/C32H33NOS4/c1-22-6-14-28(15-7-22)34-31(33-27-13-12-25(4)26(5)20-27)21-32(37-35-29-16-8-23(2)9-17-29)38-36-30-18-10-24(3)11-19-30/h6-20,32H,21H2,1-5H3/b33-31-. The van der Waals surface area contributed by atoms with Crippen LogP contribution in [0.3, 0.4) is 0 Å². The zero-order valence-corrected chi connectivity index (χ0v) is 25.7. The molecule has 0 aliphatic carbocycles. The lowest BCUT2D eigenvalue weighted by Crippen LogP contribution is -2.13. The highest BCUT2D eigenvalue weighted by Gasteiger charge is 2.18. The Hall–Kier alpha value is -2.25. The average Bonchev–Trinajstić information content (AvgIpc) is 2.91. The molecule has 6 heteroatoms. The van der Waals surface area contributed by atoms with Crippen molar-refractivity contribution >= 4 is 54.8 Å². The minimum atomic E-state index is 0.211. The van der Waals surface area contributed by atoms with Gasteiger partial charge in [-0.3, -0.25) is 0 Å². The van der Waals surface area contributed by atoms with Crippen molar-refractivity contribution in [2.45, 2.75) is 55.4 Å². The molecule has 4 aromatic carbocycles. The van der Waals surface area contributed by atoms with Crippen molar-refractivity contribution in [2.75, 3.05) is 0 Å². The van der Waals surface area contributed by atoms with Crippen LogP contribution in [0.15, 0.2) is 106 Å². The van der Waals surface area contributed by atoms with Crippen LogP contribution in [-0.4, -0.2) is 10.5 Å². The minimum absolute atomic E-state index is 0.211. The highest BCUT2D eigenvalue weighted by molar-refractivity contribution is 8.85. The summed E-state index contributed by atoms with van der Waals surface area (Å²) in [5, 5.41) is 0. The molecule has 0 N–H and O–H groups in total. The Balaban J connectivity index is 1.57. The molecule has 4 rings (SSSR count). The molecule has 0 atom stereocenters. The third kappa shape index (κ3) is 9.19. The summed E-state index contributed by atoms with van der Waals surface area (Å²) in [5.41, 5.74) is 7.16. The lowest BCUT2D eigenvalue weighted by atomic mass is 10.1. The van der Waals surface area contributed by atoms with Crippen LogP contribution in [0.5, 0.6) is 5.75 Å². The van der Waals surface area contributed by atoms with E-state index in [0.29, 0.717) is 6.42 Å². The Labute approximate surface area is 243 Å². The number of ether oxygens (including phenoxy) is 1. The first-order valence-electron chi connectivity index (χ1n) is 12.5. The SMILES string of the molecule is Cc1ccc(O/C(CC(SSc2ccc(C)cc2)SSc2ccc(C)cc2)=N\c2ccc(C)c(C)c2)cc1. The molecule has 0 aliphatic rings. The molecule has 0 aliphatic heterocycles. The first kappa shape index (κ1) is 28.8. The van der Waals surface area contributed by atoms with Crippen LogP contribution in [0.1, 0.15) is 34.2 Å². The molecule has 196 valence electrons. The summed E-state index contributed by atoms with van der Waals surface area (Å²) in [4.78, 5) is 7.50. The van der Waals surface area contributed by atoms with Crippen molar-refractivity contribution in [1.29, 1.82) is 0 Å². The van der Waals surface area contributed by atoms with E-state index in [2.05, 4.69) is 113 Å². The summed E-state index contributed by atoms with van der Waals surface area (Å²) in [7, 11) is 7.33. The number of nitrogens with zero attached hydrogens (tertiary/aromatic N) is 1. The van der Waals surface area contributed by atoms with Crippen molar-refractivity contribution < 1.29 is 4.74 Å². The smallest absolute Gasteiger partial charge is 0.197 e. The van der Waals surface area contributed by atoms with Gasteiger partial charge in [0, 0.05) is 16.2 Å². The van der Waals surface area contributed by atoms with Crippen LogP contribution in [0, 0.1) is 34.6 Å². The summed E-state index contributed by atoms with van der Waals surface area (Å²) in [6.07, 6.45) is 0.688. The predicted octanol–water partition coefficient (Wildman–Crippen LogP) is 10.9. The largest absolute Gasteiger partial charge is 0.443 e.